The van der Waals surface area contributed by atoms with Crippen LogP contribution in [0.5, 0.6) is 0 Å². The van der Waals surface area contributed by atoms with E-state index in [1.54, 1.807) is 6.33 Å². The summed E-state index contributed by atoms with van der Waals surface area (Å²) in [7, 11) is 0. The molecule has 1 aromatic carbocycles. The first kappa shape index (κ1) is 16.6. The van der Waals surface area contributed by atoms with Gasteiger partial charge in [-0.25, -0.2) is 9.67 Å². The van der Waals surface area contributed by atoms with Crippen molar-refractivity contribution in [2.75, 3.05) is 13.1 Å². The van der Waals surface area contributed by atoms with Crippen LogP contribution < -0.4 is 5.32 Å². The number of aromatic nitrogens is 3. The molecule has 6 heteroatoms. The molecule has 0 unspecified atom stereocenters. The number of aryl methyl sites for hydroxylation is 1. The van der Waals surface area contributed by atoms with Crippen molar-refractivity contribution in [3.8, 4) is 0 Å². The first-order chi connectivity index (χ1) is 11.7. The molecule has 0 saturated carbocycles. The van der Waals surface area contributed by atoms with Crippen molar-refractivity contribution >= 4 is 5.91 Å². The number of nitrogens with zero attached hydrogens (tertiary/aromatic N) is 4. The van der Waals surface area contributed by atoms with Crippen LogP contribution in [0.1, 0.15) is 37.7 Å². The van der Waals surface area contributed by atoms with Gasteiger partial charge in [0.2, 0.25) is 5.91 Å². The molecule has 0 spiro atoms. The average Bonchev–Trinajstić information content (AvgIpc) is 3.09. The molecule has 24 heavy (non-hydrogen) atoms. The highest BCUT2D eigenvalue weighted by Crippen LogP contribution is 2.20. The van der Waals surface area contributed by atoms with Crippen molar-refractivity contribution in [2.45, 2.75) is 45.3 Å². The zero-order valence-corrected chi connectivity index (χ0v) is 14.4. The van der Waals surface area contributed by atoms with E-state index in [1.807, 2.05) is 53.8 Å². The predicted octanol–water partition coefficient (Wildman–Crippen LogP) is 1.79. The fraction of sp³-hybridized carbons (Fsp3) is 0.500. The average molecular weight is 327 g/mol. The first-order valence-corrected chi connectivity index (χ1v) is 8.69. The second-order valence-electron chi connectivity index (χ2n) is 6.11. The Morgan fingerprint density at radius 2 is 2.08 bits per heavy atom. The van der Waals surface area contributed by atoms with Gasteiger partial charge in [0, 0.05) is 25.6 Å². The molecule has 3 rings (SSSR count). The number of amides is 1. The van der Waals surface area contributed by atoms with E-state index >= 15 is 0 Å². The molecule has 2 atom stereocenters. The largest absolute Gasteiger partial charge is 0.342 e. The van der Waals surface area contributed by atoms with Gasteiger partial charge in [-0.05, 0) is 25.8 Å². The summed E-state index contributed by atoms with van der Waals surface area (Å²) in [5.41, 5.74) is 1.01. The molecule has 128 valence electrons. The number of hydrogen-bond donors (Lipinski definition) is 1. The Balaban J connectivity index is 1.79. The van der Waals surface area contributed by atoms with Crippen LogP contribution in [0.3, 0.4) is 0 Å². The summed E-state index contributed by atoms with van der Waals surface area (Å²) in [6.45, 7) is 6.23. The van der Waals surface area contributed by atoms with Crippen molar-refractivity contribution in [1.82, 2.24) is 25.0 Å². The van der Waals surface area contributed by atoms with Gasteiger partial charge in [-0.1, -0.05) is 30.3 Å². The second-order valence-corrected chi connectivity index (χ2v) is 6.11. The van der Waals surface area contributed by atoms with E-state index in [-0.39, 0.29) is 18.0 Å². The number of hydrogen-bond acceptors (Lipinski definition) is 4. The zero-order valence-electron chi connectivity index (χ0n) is 14.4. The molecule has 0 radical (unpaired) electrons. The molecule has 0 fully saturated rings. The molecule has 2 heterocycles. The van der Waals surface area contributed by atoms with Crippen molar-refractivity contribution in [2.24, 2.45) is 0 Å². The normalized spacial score (nSPS) is 18.0. The third kappa shape index (κ3) is 3.48. The fourth-order valence-electron chi connectivity index (χ4n) is 3.28. The molecule has 1 N–H and O–H groups in total. The highest BCUT2D eigenvalue weighted by molar-refractivity contribution is 5.83. The van der Waals surface area contributed by atoms with Gasteiger partial charge in [0.15, 0.2) is 0 Å². The van der Waals surface area contributed by atoms with E-state index in [4.69, 9.17) is 0 Å². The lowest BCUT2D eigenvalue weighted by Gasteiger charge is -2.31. The smallest absolute Gasteiger partial charge is 0.244 e. The summed E-state index contributed by atoms with van der Waals surface area (Å²) >= 11 is 0. The molecule has 1 aliphatic rings. The molecule has 0 bridgehead atoms. The number of fused-ring (bicyclic) bond motifs is 1. The number of carbonyl (C=O) groups excluding carboxylic acids is 1. The van der Waals surface area contributed by atoms with Gasteiger partial charge >= 0.3 is 0 Å². The topological polar surface area (TPSA) is 63.1 Å². The van der Waals surface area contributed by atoms with Gasteiger partial charge in [-0.3, -0.25) is 10.1 Å². The molecular weight excluding hydrogens is 302 g/mol. The molecule has 1 amide bonds. The highest BCUT2D eigenvalue weighted by Gasteiger charge is 2.29. The van der Waals surface area contributed by atoms with Crippen LogP contribution >= 0.6 is 0 Å². The van der Waals surface area contributed by atoms with Crippen molar-refractivity contribution < 1.29 is 4.79 Å². The van der Waals surface area contributed by atoms with Gasteiger partial charge in [-0.2, -0.15) is 5.10 Å². The van der Waals surface area contributed by atoms with E-state index in [2.05, 4.69) is 15.4 Å². The summed E-state index contributed by atoms with van der Waals surface area (Å²) < 4.78 is 1.94. The Labute approximate surface area is 142 Å². The maximum absolute atomic E-state index is 13.0. The molecule has 0 saturated heterocycles. The van der Waals surface area contributed by atoms with E-state index in [9.17, 15) is 4.79 Å². The van der Waals surface area contributed by atoms with E-state index in [0.717, 1.165) is 43.9 Å². The van der Waals surface area contributed by atoms with Gasteiger partial charge in [-0.15, -0.1) is 0 Å². The molecule has 6 nitrogen and oxygen atoms in total. The quantitative estimate of drug-likeness (QED) is 0.879. The minimum atomic E-state index is -0.318. The lowest BCUT2D eigenvalue weighted by Crippen LogP contribution is -2.47. The monoisotopic (exact) mass is 327 g/mol. The third-order valence-corrected chi connectivity index (χ3v) is 4.66. The van der Waals surface area contributed by atoms with E-state index in [0.29, 0.717) is 0 Å². The highest BCUT2D eigenvalue weighted by atomic mass is 16.2. The summed E-state index contributed by atoms with van der Waals surface area (Å²) in [5.74, 6) is 1.16. The molecular formula is C18H25N5O. The number of likely N-dealkylation sites (N-methyl/N-ethyl adjacent to an activating group) is 1. The van der Waals surface area contributed by atoms with E-state index < -0.39 is 0 Å². The number of rotatable bonds is 6. The minimum absolute atomic E-state index is 0.135. The molecule has 0 aliphatic carbocycles. The van der Waals surface area contributed by atoms with Gasteiger partial charge < -0.3 is 4.90 Å². The Bertz CT molecular complexity index is 665. The van der Waals surface area contributed by atoms with Crippen LogP contribution in [-0.2, 0) is 17.8 Å². The van der Waals surface area contributed by atoms with Gasteiger partial charge in [0.1, 0.15) is 18.2 Å². The SMILES string of the molecule is CCN(CC)C(=O)[C@H](N[C@@H]1CCc2ncnn2C1)c1ccccc1. The lowest BCUT2D eigenvalue weighted by atomic mass is 10.0. The van der Waals surface area contributed by atoms with Gasteiger partial charge in [0.05, 0.1) is 6.54 Å². The van der Waals surface area contributed by atoms with Crippen LogP contribution in [0.4, 0.5) is 0 Å². The minimum Gasteiger partial charge on any atom is -0.342 e. The maximum Gasteiger partial charge on any atom is 0.244 e. The fourth-order valence-corrected chi connectivity index (χ4v) is 3.28. The van der Waals surface area contributed by atoms with Crippen molar-refractivity contribution in [3.63, 3.8) is 0 Å². The molecule has 2 aromatic rings. The summed E-state index contributed by atoms with van der Waals surface area (Å²) in [5, 5.41) is 7.84. The van der Waals surface area contributed by atoms with Crippen molar-refractivity contribution in [1.29, 1.82) is 0 Å². The maximum atomic E-state index is 13.0. The number of carbonyl (C=O) groups is 1. The van der Waals surface area contributed by atoms with Crippen LogP contribution in [-0.4, -0.2) is 44.7 Å². The summed E-state index contributed by atoms with van der Waals surface area (Å²) in [6.07, 6.45) is 3.46. The Morgan fingerprint density at radius 1 is 1.33 bits per heavy atom. The second kappa shape index (κ2) is 7.57. The first-order valence-electron chi connectivity index (χ1n) is 8.69. The number of benzene rings is 1. The Morgan fingerprint density at radius 3 is 2.79 bits per heavy atom. The van der Waals surface area contributed by atoms with Crippen LogP contribution in [0.2, 0.25) is 0 Å². The van der Waals surface area contributed by atoms with Crippen molar-refractivity contribution in [3.05, 3.63) is 48.0 Å². The number of nitrogens with one attached hydrogen (secondary N) is 1. The summed E-state index contributed by atoms with van der Waals surface area (Å²) in [4.78, 5) is 19.2. The standard InChI is InChI=1S/C18H25N5O/c1-3-22(4-2)18(24)17(14-8-6-5-7-9-14)21-15-10-11-16-19-13-20-23(16)12-15/h5-9,13,15,17,21H,3-4,10-12H2,1-2H3/t15-,17-/m1/s1. The van der Waals surface area contributed by atoms with Crippen LogP contribution in [0.25, 0.3) is 0 Å². The Kier molecular flexibility index (Phi) is 5.25. The Hall–Kier alpha value is -2.21. The lowest BCUT2D eigenvalue weighted by molar-refractivity contribution is -0.133. The third-order valence-electron chi connectivity index (χ3n) is 4.66. The zero-order chi connectivity index (χ0) is 16.9. The molecule has 1 aromatic heterocycles. The molecule has 1 aliphatic heterocycles. The van der Waals surface area contributed by atoms with Crippen LogP contribution in [0, 0.1) is 0 Å². The van der Waals surface area contributed by atoms with Gasteiger partial charge in [0.25, 0.3) is 0 Å². The van der Waals surface area contributed by atoms with E-state index in [1.165, 1.54) is 0 Å². The summed E-state index contributed by atoms with van der Waals surface area (Å²) in [6, 6.07) is 9.87. The predicted molar refractivity (Wildman–Crippen MR) is 92.4 cm³/mol. The van der Waals surface area contributed by atoms with Crippen LogP contribution in [0.15, 0.2) is 36.7 Å².